The molecule has 0 aliphatic heterocycles. The molecule has 2 aromatic heterocycles. The molecule has 2 heterocycles. The third-order valence-electron chi connectivity index (χ3n) is 5.05. The summed E-state index contributed by atoms with van der Waals surface area (Å²) in [7, 11) is 0. The topological polar surface area (TPSA) is 118 Å². The number of nitrogens with one attached hydrogen (secondary N) is 1. The number of ether oxygens (including phenoxy) is 1. The van der Waals surface area contributed by atoms with Gasteiger partial charge in [-0.2, -0.15) is 0 Å². The van der Waals surface area contributed by atoms with Gasteiger partial charge in [-0.15, -0.1) is 11.3 Å². The number of halogens is 2. The van der Waals surface area contributed by atoms with E-state index in [9.17, 15) is 5.11 Å². The summed E-state index contributed by atoms with van der Waals surface area (Å²) in [4.78, 5) is 9.36. The number of rotatable bonds is 10. The van der Waals surface area contributed by atoms with Crippen molar-refractivity contribution in [2.24, 2.45) is 0 Å². The summed E-state index contributed by atoms with van der Waals surface area (Å²) >= 11 is 13.7. The van der Waals surface area contributed by atoms with Gasteiger partial charge in [0.05, 0.1) is 58.9 Å². The highest BCUT2D eigenvalue weighted by molar-refractivity contribution is 7.14. The highest BCUT2D eigenvalue weighted by Crippen LogP contribution is 2.35. The van der Waals surface area contributed by atoms with Gasteiger partial charge in [0.2, 0.25) is 0 Å². The molecular formula is C22H23Cl2N5O3S. The number of aliphatic hydroxyl groups excluding tert-OH is 2. The van der Waals surface area contributed by atoms with Crippen molar-refractivity contribution in [2.45, 2.75) is 12.6 Å². The van der Waals surface area contributed by atoms with E-state index in [4.69, 9.17) is 43.8 Å². The van der Waals surface area contributed by atoms with Gasteiger partial charge in [-0.3, -0.25) is 0 Å². The number of hydrogen-bond acceptors (Lipinski definition) is 8. The Bertz CT molecular complexity index is 1220. The summed E-state index contributed by atoms with van der Waals surface area (Å²) in [6.45, 7) is 0.987. The van der Waals surface area contributed by atoms with Crippen molar-refractivity contribution in [3.8, 4) is 11.3 Å². The quantitative estimate of drug-likeness (QED) is 0.187. The van der Waals surface area contributed by atoms with Crippen molar-refractivity contribution in [3.63, 3.8) is 0 Å². The van der Waals surface area contributed by atoms with Crippen molar-refractivity contribution < 1.29 is 14.9 Å². The van der Waals surface area contributed by atoms with Gasteiger partial charge in [-0.1, -0.05) is 35.3 Å². The fourth-order valence-corrected chi connectivity index (χ4v) is 4.72. The number of hydrogen-bond donors (Lipinski definition) is 4. The molecule has 0 fully saturated rings. The van der Waals surface area contributed by atoms with Crippen molar-refractivity contribution in [1.82, 2.24) is 14.5 Å². The molecule has 0 radical (unpaired) electrons. The van der Waals surface area contributed by atoms with Gasteiger partial charge in [0.15, 0.2) is 5.13 Å². The number of benzene rings is 2. The summed E-state index contributed by atoms with van der Waals surface area (Å²) in [6.07, 6.45) is 0. The number of para-hydroxylation sites is 2. The smallest absolute Gasteiger partial charge is 0.183 e. The van der Waals surface area contributed by atoms with Crippen LogP contribution in [0.2, 0.25) is 10.0 Å². The number of nitrogen functional groups attached to an aromatic ring is 1. The van der Waals surface area contributed by atoms with E-state index < -0.39 is 6.04 Å². The number of nitrogens with zero attached hydrogens (tertiary/aromatic N) is 3. The molecule has 1 atom stereocenters. The van der Waals surface area contributed by atoms with E-state index in [-0.39, 0.29) is 19.8 Å². The molecule has 0 amide bonds. The van der Waals surface area contributed by atoms with Crippen LogP contribution in [0.4, 0.5) is 10.8 Å². The summed E-state index contributed by atoms with van der Waals surface area (Å²) in [5.41, 5.74) is 9.35. The fourth-order valence-electron chi connectivity index (χ4n) is 3.46. The molecule has 0 aliphatic carbocycles. The maximum atomic E-state index is 10.2. The summed E-state index contributed by atoms with van der Waals surface area (Å²) in [5, 5.41) is 25.6. The second-order valence-corrected chi connectivity index (χ2v) is 8.89. The standard InChI is InChI=1S/C22H23Cl2N5O3S/c23-14-9-13(10-15(24)20(14)25)18-12-33-22(28-18)27-17(11-31)21-26-16-3-1-2-4-19(16)29(21)5-7-32-8-6-30/h1-4,9-10,12,17,30-31H,5-8,11,25H2,(H,27,28). The first-order valence-electron chi connectivity index (χ1n) is 10.2. The molecule has 174 valence electrons. The zero-order chi connectivity index (χ0) is 23.4. The number of aromatic nitrogens is 3. The molecule has 0 saturated carbocycles. The average molecular weight is 508 g/mol. The average Bonchev–Trinajstić information content (AvgIpc) is 3.43. The lowest BCUT2D eigenvalue weighted by Crippen LogP contribution is -2.21. The molecule has 0 aliphatic rings. The molecule has 5 N–H and O–H groups in total. The molecule has 8 nitrogen and oxygen atoms in total. The number of imidazole rings is 1. The lowest BCUT2D eigenvalue weighted by Gasteiger charge is -2.17. The summed E-state index contributed by atoms with van der Waals surface area (Å²) in [5.74, 6) is 0.668. The van der Waals surface area contributed by atoms with E-state index >= 15 is 0 Å². The molecule has 1 unspecified atom stereocenters. The largest absolute Gasteiger partial charge is 0.396 e. The minimum atomic E-state index is -0.493. The number of anilines is 2. The van der Waals surface area contributed by atoms with Crippen LogP contribution >= 0.6 is 34.5 Å². The first-order valence-corrected chi connectivity index (χ1v) is 11.9. The molecule has 4 aromatic rings. The molecule has 0 saturated heterocycles. The third kappa shape index (κ3) is 5.24. The minimum absolute atomic E-state index is 0.0326. The van der Waals surface area contributed by atoms with Gasteiger partial charge in [0.1, 0.15) is 11.9 Å². The van der Waals surface area contributed by atoms with E-state index in [1.807, 2.05) is 34.2 Å². The van der Waals surface area contributed by atoms with Crippen LogP contribution in [0, 0.1) is 0 Å². The zero-order valence-electron chi connectivity index (χ0n) is 17.5. The zero-order valence-corrected chi connectivity index (χ0v) is 19.9. The van der Waals surface area contributed by atoms with Crippen molar-refractivity contribution in [1.29, 1.82) is 0 Å². The SMILES string of the molecule is Nc1c(Cl)cc(-c2csc(NC(CO)c3nc4ccccc4n3CCOCCO)n2)cc1Cl. The Morgan fingerprint density at radius 1 is 1.12 bits per heavy atom. The van der Waals surface area contributed by atoms with E-state index in [0.29, 0.717) is 45.5 Å². The number of aliphatic hydroxyl groups is 2. The minimum Gasteiger partial charge on any atom is -0.396 e. The van der Waals surface area contributed by atoms with Crippen LogP contribution in [0.3, 0.4) is 0 Å². The van der Waals surface area contributed by atoms with Gasteiger partial charge in [-0.25, -0.2) is 9.97 Å². The van der Waals surface area contributed by atoms with Crippen LogP contribution < -0.4 is 11.1 Å². The number of thiazole rings is 1. The lowest BCUT2D eigenvalue weighted by molar-refractivity contribution is 0.0868. The van der Waals surface area contributed by atoms with Crippen molar-refractivity contribution in [2.75, 3.05) is 37.5 Å². The number of fused-ring (bicyclic) bond motifs is 1. The Morgan fingerprint density at radius 2 is 1.88 bits per heavy atom. The molecule has 2 aromatic carbocycles. The maximum absolute atomic E-state index is 10.2. The van der Waals surface area contributed by atoms with Crippen LogP contribution in [-0.2, 0) is 11.3 Å². The van der Waals surface area contributed by atoms with Crippen LogP contribution in [0.5, 0.6) is 0 Å². The second-order valence-electron chi connectivity index (χ2n) is 7.22. The van der Waals surface area contributed by atoms with Gasteiger partial charge < -0.3 is 30.6 Å². The van der Waals surface area contributed by atoms with Crippen molar-refractivity contribution >= 4 is 56.4 Å². The highest BCUT2D eigenvalue weighted by Gasteiger charge is 2.21. The van der Waals surface area contributed by atoms with Crippen LogP contribution in [0.1, 0.15) is 11.9 Å². The Balaban J connectivity index is 1.60. The molecule has 4 rings (SSSR count). The maximum Gasteiger partial charge on any atom is 0.183 e. The van der Waals surface area contributed by atoms with Crippen LogP contribution in [0.15, 0.2) is 41.8 Å². The van der Waals surface area contributed by atoms with Crippen LogP contribution in [0.25, 0.3) is 22.3 Å². The van der Waals surface area contributed by atoms with E-state index in [0.717, 1.165) is 16.6 Å². The molecule has 0 bridgehead atoms. The first-order chi connectivity index (χ1) is 16.0. The molecule has 0 spiro atoms. The van der Waals surface area contributed by atoms with Gasteiger partial charge in [0.25, 0.3) is 0 Å². The van der Waals surface area contributed by atoms with E-state index in [1.54, 1.807) is 12.1 Å². The predicted molar refractivity (Wildman–Crippen MR) is 133 cm³/mol. The predicted octanol–water partition coefficient (Wildman–Crippen LogP) is 4.20. The van der Waals surface area contributed by atoms with Gasteiger partial charge >= 0.3 is 0 Å². The third-order valence-corrected chi connectivity index (χ3v) is 6.45. The van der Waals surface area contributed by atoms with Gasteiger partial charge in [-0.05, 0) is 24.3 Å². The van der Waals surface area contributed by atoms with E-state index in [1.165, 1.54) is 11.3 Å². The molecular weight excluding hydrogens is 485 g/mol. The summed E-state index contributed by atoms with van der Waals surface area (Å²) < 4.78 is 7.46. The van der Waals surface area contributed by atoms with Crippen molar-refractivity contribution in [3.05, 3.63) is 57.6 Å². The second kappa shape index (κ2) is 10.7. The Hall–Kier alpha value is -2.40. The molecule has 33 heavy (non-hydrogen) atoms. The Labute approximate surface area is 204 Å². The Kier molecular flexibility index (Phi) is 7.69. The highest BCUT2D eigenvalue weighted by atomic mass is 35.5. The normalized spacial score (nSPS) is 12.4. The lowest BCUT2D eigenvalue weighted by atomic mass is 10.1. The Morgan fingerprint density at radius 3 is 2.61 bits per heavy atom. The van der Waals surface area contributed by atoms with Crippen LogP contribution in [-0.4, -0.2) is 51.2 Å². The monoisotopic (exact) mass is 507 g/mol. The summed E-state index contributed by atoms with van der Waals surface area (Å²) in [6, 6.07) is 10.7. The van der Waals surface area contributed by atoms with E-state index in [2.05, 4.69) is 10.3 Å². The fraction of sp³-hybridized carbons (Fsp3) is 0.273. The number of nitrogens with two attached hydrogens (primary N) is 1. The van der Waals surface area contributed by atoms with Gasteiger partial charge in [0, 0.05) is 17.5 Å². The first kappa shape index (κ1) is 23.7. The molecule has 11 heteroatoms.